The molecule has 0 unspecified atom stereocenters. The molecule has 0 amide bonds. The fraction of sp³-hybridized carbons (Fsp3) is 0.192. The summed E-state index contributed by atoms with van der Waals surface area (Å²) in [6.07, 6.45) is 3.43. The number of hydrogen-bond acceptors (Lipinski definition) is 2. The number of hydrogen-bond donors (Lipinski definition) is 0. The summed E-state index contributed by atoms with van der Waals surface area (Å²) in [4.78, 5) is 12.5. The van der Waals surface area contributed by atoms with E-state index in [4.69, 9.17) is 4.74 Å². The summed E-state index contributed by atoms with van der Waals surface area (Å²) < 4.78 is 5.95. The molecular weight excluding hydrogens is 344 g/mol. The number of para-hydroxylation sites is 1. The molecule has 0 heterocycles. The summed E-state index contributed by atoms with van der Waals surface area (Å²) in [6.45, 7) is 6.98. The first kappa shape index (κ1) is 19.6. The van der Waals surface area contributed by atoms with Gasteiger partial charge in [-0.05, 0) is 34.8 Å². The van der Waals surface area contributed by atoms with Crippen LogP contribution in [0.5, 0.6) is 5.75 Å². The molecule has 2 nitrogen and oxygen atoms in total. The summed E-state index contributed by atoms with van der Waals surface area (Å²) in [5, 5.41) is 0. The van der Waals surface area contributed by atoms with Gasteiger partial charge in [-0.25, -0.2) is 0 Å². The van der Waals surface area contributed by atoms with Crippen molar-refractivity contribution in [3.05, 3.63) is 107 Å². The predicted octanol–water partition coefficient (Wildman–Crippen LogP) is 6.46. The Bertz CT molecular complexity index is 946. The second-order valence-electron chi connectivity index (χ2n) is 7.84. The normalized spacial score (nSPS) is 11.5. The van der Waals surface area contributed by atoms with Gasteiger partial charge in [0.15, 0.2) is 5.78 Å². The second-order valence-corrected chi connectivity index (χ2v) is 7.84. The average molecular weight is 370 g/mol. The highest BCUT2D eigenvalue weighted by atomic mass is 16.5. The van der Waals surface area contributed by atoms with Crippen molar-refractivity contribution in [3.8, 4) is 5.75 Å². The van der Waals surface area contributed by atoms with Crippen LogP contribution in [0.15, 0.2) is 84.9 Å². The van der Waals surface area contributed by atoms with Gasteiger partial charge in [0.05, 0.1) is 0 Å². The number of carbonyl (C=O) groups excluding carboxylic acids is 1. The van der Waals surface area contributed by atoms with Crippen LogP contribution in [0.3, 0.4) is 0 Å². The van der Waals surface area contributed by atoms with E-state index < -0.39 is 0 Å². The van der Waals surface area contributed by atoms with Crippen molar-refractivity contribution < 1.29 is 9.53 Å². The zero-order valence-corrected chi connectivity index (χ0v) is 16.7. The molecule has 142 valence electrons. The van der Waals surface area contributed by atoms with Gasteiger partial charge < -0.3 is 4.74 Å². The van der Waals surface area contributed by atoms with E-state index in [0.29, 0.717) is 12.2 Å². The van der Waals surface area contributed by atoms with Gasteiger partial charge in [-0.2, -0.15) is 0 Å². The fourth-order valence-corrected chi connectivity index (χ4v) is 2.88. The molecule has 0 aliphatic heterocycles. The van der Waals surface area contributed by atoms with Crippen molar-refractivity contribution in [2.24, 2.45) is 0 Å². The highest BCUT2D eigenvalue weighted by Gasteiger charge is 2.13. The second kappa shape index (κ2) is 8.71. The van der Waals surface area contributed by atoms with Gasteiger partial charge in [0.2, 0.25) is 0 Å². The number of ether oxygens (including phenoxy) is 1. The lowest BCUT2D eigenvalue weighted by atomic mass is 9.86. The molecule has 0 aliphatic rings. The van der Waals surface area contributed by atoms with Crippen LogP contribution < -0.4 is 4.74 Å². The van der Waals surface area contributed by atoms with E-state index in [2.05, 4.69) is 20.8 Å². The van der Waals surface area contributed by atoms with Crippen LogP contribution in [0, 0.1) is 0 Å². The number of allylic oxidation sites excluding steroid dienone is 1. The van der Waals surface area contributed by atoms with E-state index in [1.807, 2.05) is 84.9 Å². The summed E-state index contributed by atoms with van der Waals surface area (Å²) in [5.41, 5.74) is 3.97. The van der Waals surface area contributed by atoms with Gasteiger partial charge >= 0.3 is 0 Å². The molecule has 0 aromatic heterocycles. The van der Waals surface area contributed by atoms with E-state index in [1.54, 1.807) is 6.08 Å². The maximum Gasteiger partial charge on any atom is 0.185 e. The minimum absolute atomic E-state index is 0.0154. The Balaban J connectivity index is 1.70. The van der Waals surface area contributed by atoms with Crippen molar-refractivity contribution in [2.45, 2.75) is 32.8 Å². The molecule has 0 fully saturated rings. The van der Waals surface area contributed by atoms with E-state index in [0.717, 1.165) is 16.9 Å². The summed E-state index contributed by atoms with van der Waals surface area (Å²) >= 11 is 0. The third-order valence-electron chi connectivity index (χ3n) is 4.61. The molecule has 0 spiro atoms. The molecule has 3 rings (SSSR count). The van der Waals surface area contributed by atoms with Gasteiger partial charge in [-0.1, -0.05) is 93.6 Å². The van der Waals surface area contributed by atoms with Gasteiger partial charge in [0.1, 0.15) is 12.4 Å². The standard InChI is InChI=1S/C26H26O2/c1-26(2,3)23-16-13-21(14-17-23)24(27)18-15-22-11-7-8-12-25(22)28-19-20-9-5-4-6-10-20/h4-18H,19H2,1-3H3. The summed E-state index contributed by atoms with van der Waals surface area (Å²) in [5.74, 6) is 0.747. The number of carbonyl (C=O) groups is 1. The lowest BCUT2D eigenvalue weighted by Gasteiger charge is -2.18. The Morgan fingerprint density at radius 2 is 1.50 bits per heavy atom. The van der Waals surface area contributed by atoms with Crippen LogP contribution in [0.4, 0.5) is 0 Å². The molecule has 0 aliphatic carbocycles. The molecule has 28 heavy (non-hydrogen) atoms. The molecular formula is C26H26O2. The van der Waals surface area contributed by atoms with Crippen molar-refractivity contribution in [1.82, 2.24) is 0 Å². The molecule has 3 aromatic carbocycles. The molecule has 0 atom stereocenters. The first-order valence-electron chi connectivity index (χ1n) is 9.52. The Labute approximate surface area is 167 Å². The molecule has 0 saturated carbocycles. The zero-order chi connectivity index (χ0) is 20.0. The van der Waals surface area contributed by atoms with Crippen molar-refractivity contribution >= 4 is 11.9 Å². The number of ketones is 1. The third-order valence-corrected chi connectivity index (χ3v) is 4.61. The molecule has 0 bridgehead atoms. The van der Waals surface area contributed by atoms with E-state index in [9.17, 15) is 4.79 Å². The SMILES string of the molecule is CC(C)(C)c1ccc(C(=O)C=Cc2ccccc2OCc2ccccc2)cc1. The monoisotopic (exact) mass is 370 g/mol. The summed E-state index contributed by atoms with van der Waals surface area (Å²) in [7, 11) is 0. The topological polar surface area (TPSA) is 26.3 Å². The first-order valence-corrected chi connectivity index (χ1v) is 9.52. The van der Waals surface area contributed by atoms with Gasteiger partial charge in [-0.15, -0.1) is 0 Å². The molecule has 0 radical (unpaired) electrons. The summed E-state index contributed by atoms with van der Waals surface area (Å²) in [6, 6.07) is 25.6. The minimum Gasteiger partial charge on any atom is -0.488 e. The highest BCUT2D eigenvalue weighted by molar-refractivity contribution is 6.06. The Morgan fingerprint density at radius 3 is 2.18 bits per heavy atom. The minimum atomic E-state index is -0.0154. The molecule has 3 aromatic rings. The van der Waals surface area contributed by atoms with Crippen LogP contribution in [0.25, 0.3) is 6.08 Å². The van der Waals surface area contributed by atoms with Crippen LogP contribution >= 0.6 is 0 Å². The maximum atomic E-state index is 12.5. The Hall–Kier alpha value is -3.13. The quantitative estimate of drug-likeness (QED) is 0.368. The lowest BCUT2D eigenvalue weighted by Crippen LogP contribution is -2.11. The smallest absolute Gasteiger partial charge is 0.185 e. The molecule has 0 N–H and O–H groups in total. The van der Waals surface area contributed by atoms with Crippen molar-refractivity contribution in [1.29, 1.82) is 0 Å². The van der Waals surface area contributed by atoms with Gasteiger partial charge in [0.25, 0.3) is 0 Å². The Kier molecular flexibility index (Phi) is 6.10. The van der Waals surface area contributed by atoms with Crippen LogP contribution in [0.2, 0.25) is 0 Å². The average Bonchev–Trinajstić information content (AvgIpc) is 2.71. The van der Waals surface area contributed by atoms with E-state index >= 15 is 0 Å². The largest absolute Gasteiger partial charge is 0.488 e. The fourth-order valence-electron chi connectivity index (χ4n) is 2.88. The molecule has 2 heteroatoms. The zero-order valence-electron chi connectivity index (χ0n) is 16.7. The predicted molar refractivity (Wildman–Crippen MR) is 116 cm³/mol. The third kappa shape index (κ3) is 5.20. The maximum absolute atomic E-state index is 12.5. The first-order chi connectivity index (χ1) is 13.4. The number of rotatable bonds is 6. The van der Waals surface area contributed by atoms with Gasteiger partial charge in [-0.3, -0.25) is 4.79 Å². The van der Waals surface area contributed by atoms with Crippen molar-refractivity contribution in [3.63, 3.8) is 0 Å². The van der Waals surface area contributed by atoms with E-state index in [1.165, 1.54) is 5.56 Å². The Morgan fingerprint density at radius 1 is 0.857 bits per heavy atom. The van der Waals surface area contributed by atoms with Crippen LogP contribution in [-0.2, 0) is 12.0 Å². The molecule has 0 saturated heterocycles. The lowest BCUT2D eigenvalue weighted by molar-refractivity contribution is 0.104. The van der Waals surface area contributed by atoms with Crippen LogP contribution in [0.1, 0.15) is 47.8 Å². The van der Waals surface area contributed by atoms with Crippen LogP contribution in [-0.4, -0.2) is 5.78 Å². The highest BCUT2D eigenvalue weighted by Crippen LogP contribution is 2.23. The van der Waals surface area contributed by atoms with E-state index in [-0.39, 0.29) is 11.2 Å². The number of benzene rings is 3. The van der Waals surface area contributed by atoms with Crippen molar-refractivity contribution in [2.75, 3.05) is 0 Å². The van der Waals surface area contributed by atoms with Gasteiger partial charge in [0, 0.05) is 11.1 Å².